The number of aryl methyl sites for hydroxylation is 1. The summed E-state index contributed by atoms with van der Waals surface area (Å²) in [6, 6.07) is 1.29. The van der Waals surface area contributed by atoms with Gasteiger partial charge in [0, 0.05) is 51.8 Å². The molecule has 2 N–H and O–H groups in total. The van der Waals surface area contributed by atoms with Crippen LogP contribution in [0.15, 0.2) is 10.5 Å². The zero-order chi connectivity index (χ0) is 19.1. The number of piperidine rings is 1. The number of furan rings is 1. The van der Waals surface area contributed by atoms with E-state index < -0.39 is 5.97 Å². The third-order valence-corrected chi connectivity index (χ3v) is 4.55. The van der Waals surface area contributed by atoms with E-state index in [9.17, 15) is 14.4 Å². The molecule has 2 amide bonds. The van der Waals surface area contributed by atoms with Crippen molar-refractivity contribution in [2.75, 3.05) is 33.4 Å². The van der Waals surface area contributed by atoms with Gasteiger partial charge in [-0.15, -0.1) is 0 Å². The first kappa shape index (κ1) is 20.0. The van der Waals surface area contributed by atoms with Crippen molar-refractivity contribution in [3.63, 3.8) is 0 Å². The van der Waals surface area contributed by atoms with Crippen molar-refractivity contribution < 1.29 is 28.6 Å². The summed E-state index contributed by atoms with van der Waals surface area (Å²) in [5.74, 6) is -1.20. The summed E-state index contributed by atoms with van der Waals surface area (Å²) in [5.41, 5.74) is 0.0289. The van der Waals surface area contributed by atoms with Crippen molar-refractivity contribution in [1.29, 1.82) is 0 Å². The number of ether oxygens (including phenoxy) is 1. The lowest BCUT2D eigenvalue weighted by atomic mass is 9.95. The summed E-state index contributed by atoms with van der Waals surface area (Å²) in [6.45, 7) is 3.85. The van der Waals surface area contributed by atoms with Crippen LogP contribution in [-0.2, 0) is 16.0 Å². The van der Waals surface area contributed by atoms with Gasteiger partial charge in [0.1, 0.15) is 11.3 Å². The Balaban J connectivity index is 1.88. The molecule has 0 aromatic carbocycles. The molecule has 1 aromatic rings. The molecule has 1 aliphatic rings. The van der Waals surface area contributed by atoms with E-state index in [1.165, 1.54) is 6.07 Å². The Morgan fingerprint density at radius 3 is 2.58 bits per heavy atom. The molecule has 144 valence electrons. The lowest BCUT2D eigenvalue weighted by molar-refractivity contribution is -0.126. The van der Waals surface area contributed by atoms with Crippen molar-refractivity contribution in [3.8, 4) is 0 Å². The van der Waals surface area contributed by atoms with Crippen LogP contribution in [0.3, 0.4) is 0 Å². The fourth-order valence-corrected chi connectivity index (χ4v) is 3.05. The smallest absolute Gasteiger partial charge is 0.339 e. The van der Waals surface area contributed by atoms with E-state index in [1.807, 2.05) is 0 Å². The molecule has 8 heteroatoms. The summed E-state index contributed by atoms with van der Waals surface area (Å²) in [5, 5.41) is 12.1. The number of carbonyl (C=O) groups excluding carboxylic acids is 2. The van der Waals surface area contributed by atoms with Gasteiger partial charge in [-0.1, -0.05) is 6.92 Å². The van der Waals surface area contributed by atoms with Gasteiger partial charge < -0.3 is 24.5 Å². The normalized spacial score (nSPS) is 15.1. The average Bonchev–Trinajstić information content (AvgIpc) is 3.09. The van der Waals surface area contributed by atoms with Crippen molar-refractivity contribution >= 4 is 17.8 Å². The number of methoxy groups -OCH3 is 1. The highest BCUT2D eigenvalue weighted by molar-refractivity contribution is 5.96. The minimum absolute atomic E-state index is 0.00707. The fraction of sp³-hybridized carbons (Fsp3) is 0.611. The SMILES string of the molecule is CCc1oc(C(=O)N2CCC(C(=O)NCCCOC)CC2)cc1C(=O)O. The summed E-state index contributed by atoms with van der Waals surface area (Å²) in [6.07, 6.45) is 2.33. The molecule has 8 nitrogen and oxygen atoms in total. The van der Waals surface area contributed by atoms with Crippen LogP contribution in [0.4, 0.5) is 0 Å². The minimum Gasteiger partial charge on any atom is -0.478 e. The van der Waals surface area contributed by atoms with Gasteiger partial charge >= 0.3 is 5.97 Å². The Bertz CT molecular complexity index is 646. The Labute approximate surface area is 152 Å². The van der Waals surface area contributed by atoms with E-state index in [1.54, 1.807) is 18.9 Å². The first-order valence-corrected chi connectivity index (χ1v) is 8.89. The third kappa shape index (κ3) is 4.85. The molecule has 0 bridgehead atoms. The molecule has 0 saturated carbocycles. The van der Waals surface area contributed by atoms with E-state index in [-0.39, 0.29) is 29.1 Å². The van der Waals surface area contributed by atoms with Crippen LogP contribution in [-0.4, -0.2) is 61.1 Å². The molecule has 0 atom stereocenters. The maximum atomic E-state index is 12.5. The topological polar surface area (TPSA) is 109 Å². The highest BCUT2D eigenvalue weighted by Crippen LogP contribution is 2.22. The van der Waals surface area contributed by atoms with E-state index in [0.29, 0.717) is 51.3 Å². The van der Waals surface area contributed by atoms with E-state index >= 15 is 0 Å². The first-order chi connectivity index (χ1) is 12.5. The summed E-state index contributed by atoms with van der Waals surface area (Å²) >= 11 is 0. The highest BCUT2D eigenvalue weighted by Gasteiger charge is 2.30. The predicted octanol–water partition coefficient (Wildman–Crippen LogP) is 1.55. The second-order valence-corrected chi connectivity index (χ2v) is 6.31. The molecular formula is C18H26N2O6. The maximum absolute atomic E-state index is 12.5. The molecule has 0 aliphatic carbocycles. The van der Waals surface area contributed by atoms with E-state index in [0.717, 1.165) is 6.42 Å². The zero-order valence-corrected chi connectivity index (χ0v) is 15.2. The number of carboxylic acid groups (broad SMARTS) is 1. The largest absolute Gasteiger partial charge is 0.478 e. The van der Waals surface area contributed by atoms with Gasteiger partial charge in [0.2, 0.25) is 5.91 Å². The zero-order valence-electron chi connectivity index (χ0n) is 15.2. The standard InChI is InChI=1S/C18H26N2O6/c1-3-14-13(18(23)24)11-15(26-14)17(22)20-8-5-12(6-9-20)16(21)19-7-4-10-25-2/h11-12H,3-10H2,1-2H3,(H,19,21)(H,23,24). The molecule has 1 fully saturated rings. The summed E-state index contributed by atoms with van der Waals surface area (Å²) < 4.78 is 10.4. The van der Waals surface area contributed by atoms with Gasteiger partial charge in [-0.3, -0.25) is 9.59 Å². The second kappa shape index (κ2) is 9.38. The minimum atomic E-state index is -1.10. The van der Waals surface area contributed by atoms with Crippen LogP contribution in [0.5, 0.6) is 0 Å². The average molecular weight is 366 g/mol. The number of amides is 2. The maximum Gasteiger partial charge on any atom is 0.339 e. The van der Waals surface area contributed by atoms with E-state index in [2.05, 4.69) is 5.32 Å². The van der Waals surface area contributed by atoms with Crippen LogP contribution < -0.4 is 5.32 Å². The third-order valence-electron chi connectivity index (χ3n) is 4.55. The van der Waals surface area contributed by atoms with Crippen LogP contribution >= 0.6 is 0 Å². The number of aromatic carboxylic acids is 1. The second-order valence-electron chi connectivity index (χ2n) is 6.31. The van der Waals surface area contributed by atoms with Crippen molar-refractivity contribution in [2.45, 2.75) is 32.6 Å². The van der Waals surface area contributed by atoms with Crippen molar-refractivity contribution in [2.24, 2.45) is 5.92 Å². The number of hydrogen-bond acceptors (Lipinski definition) is 5. The molecule has 0 radical (unpaired) electrons. The number of hydrogen-bond donors (Lipinski definition) is 2. The number of rotatable bonds is 8. The van der Waals surface area contributed by atoms with Crippen molar-refractivity contribution in [3.05, 3.63) is 23.2 Å². The quantitative estimate of drug-likeness (QED) is 0.676. The number of nitrogens with zero attached hydrogens (tertiary/aromatic N) is 1. The lowest BCUT2D eigenvalue weighted by Crippen LogP contribution is -2.43. The summed E-state index contributed by atoms with van der Waals surface area (Å²) in [7, 11) is 1.62. The van der Waals surface area contributed by atoms with Crippen LogP contribution in [0.25, 0.3) is 0 Å². The van der Waals surface area contributed by atoms with Crippen molar-refractivity contribution in [1.82, 2.24) is 10.2 Å². The monoisotopic (exact) mass is 366 g/mol. The Morgan fingerprint density at radius 2 is 2.04 bits per heavy atom. The van der Waals surface area contributed by atoms with Crippen LogP contribution in [0.1, 0.15) is 52.9 Å². The molecule has 2 heterocycles. The van der Waals surface area contributed by atoms with Crippen LogP contribution in [0.2, 0.25) is 0 Å². The Hall–Kier alpha value is -2.35. The molecule has 1 aliphatic heterocycles. The Morgan fingerprint density at radius 1 is 1.35 bits per heavy atom. The predicted molar refractivity (Wildman–Crippen MR) is 93.2 cm³/mol. The number of likely N-dealkylation sites (tertiary alicyclic amines) is 1. The molecule has 2 rings (SSSR count). The van der Waals surface area contributed by atoms with E-state index in [4.69, 9.17) is 14.3 Å². The Kier molecular flexibility index (Phi) is 7.20. The van der Waals surface area contributed by atoms with Crippen LogP contribution in [0, 0.1) is 5.92 Å². The molecule has 0 unspecified atom stereocenters. The van der Waals surface area contributed by atoms with Gasteiger partial charge in [0.15, 0.2) is 5.76 Å². The molecule has 1 aromatic heterocycles. The molecule has 0 spiro atoms. The summed E-state index contributed by atoms with van der Waals surface area (Å²) in [4.78, 5) is 37.5. The molecule has 26 heavy (non-hydrogen) atoms. The van der Waals surface area contributed by atoms with Gasteiger partial charge in [-0.05, 0) is 19.3 Å². The number of carbonyl (C=O) groups is 3. The van der Waals surface area contributed by atoms with Gasteiger partial charge in [-0.25, -0.2) is 4.79 Å². The van der Waals surface area contributed by atoms with Gasteiger partial charge in [-0.2, -0.15) is 0 Å². The first-order valence-electron chi connectivity index (χ1n) is 8.89. The molecular weight excluding hydrogens is 340 g/mol. The highest BCUT2D eigenvalue weighted by atomic mass is 16.5. The molecule has 1 saturated heterocycles. The van der Waals surface area contributed by atoms with Gasteiger partial charge in [0.25, 0.3) is 5.91 Å². The van der Waals surface area contributed by atoms with Gasteiger partial charge in [0.05, 0.1) is 0 Å². The number of nitrogens with one attached hydrogen (secondary N) is 1. The number of carboxylic acids is 1. The fourth-order valence-electron chi connectivity index (χ4n) is 3.05. The lowest BCUT2D eigenvalue weighted by Gasteiger charge is -2.30.